The normalized spacial score (nSPS) is 10.9. The number of rotatable bonds is 6. The lowest BCUT2D eigenvalue weighted by atomic mass is 10.2. The second-order valence-electron chi connectivity index (χ2n) is 6.08. The van der Waals surface area contributed by atoms with E-state index in [-0.39, 0.29) is 27.3 Å². The van der Waals surface area contributed by atoms with E-state index in [1.54, 1.807) is 6.92 Å². The maximum absolute atomic E-state index is 13.6. The van der Waals surface area contributed by atoms with Crippen LogP contribution in [-0.2, 0) is 16.1 Å². The lowest BCUT2D eigenvalue weighted by Crippen LogP contribution is -2.21. The van der Waals surface area contributed by atoms with E-state index in [4.69, 9.17) is 27.9 Å². The van der Waals surface area contributed by atoms with Crippen LogP contribution in [-0.4, -0.2) is 28.3 Å². The quantitative estimate of drug-likeness (QED) is 0.739. The molecule has 1 aromatic carbocycles. The summed E-state index contributed by atoms with van der Waals surface area (Å²) in [6, 6.07) is 3.73. The second-order valence-corrected chi connectivity index (χ2v) is 6.87. The van der Waals surface area contributed by atoms with Gasteiger partial charge in [-0.05, 0) is 31.0 Å². The molecule has 140 valence electrons. The molecule has 1 heterocycles. The number of aryl methyl sites for hydroxylation is 1. The molecule has 0 atom stereocenters. The highest BCUT2D eigenvalue weighted by atomic mass is 35.5. The maximum atomic E-state index is 13.6. The van der Waals surface area contributed by atoms with Crippen LogP contribution in [0.3, 0.4) is 0 Å². The van der Waals surface area contributed by atoms with E-state index in [2.05, 4.69) is 10.4 Å². The molecule has 1 N–H and O–H groups in total. The van der Waals surface area contributed by atoms with Crippen LogP contribution in [0.5, 0.6) is 0 Å². The Morgan fingerprint density at radius 3 is 2.69 bits per heavy atom. The number of nitrogens with one attached hydrogen (secondary N) is 1. The van der Waals surface area contributed by atoms with E-state index in [1.165, 1.54) is 16.8 Å². The van der Waals surface area contributed by atoms with Crippen molar-refractivity contribution in [3.63, 3.8) is 0 Å². The first kappa shape index (κ1) is 20.2. The standard InChI is InChI=1S/C17H18Cl2FN3O3/c1-9(2)7-23-16(19)15(10(3)22-23)17(25)26-8-14(24)21-13-6-11(18)4-5-12(13)20/h4-6,9H,7-8H2,1-3H3,(H,21,24). The lowest BCUT2D eigenvalue weighted by Gasteiger charge is -2.08. The number of aromatic nitrogens is 2. The maximum Gasteiger partial charge on any atom is 0.343 e. The van der Waals surface area contributed by atoms with Gasteiger partial charge in [0.2, 0.25) is 0 Å². The first-order valence-corrected chi connectivity index (χ1v) is 8.59. The number of nitrogens with zero attached hydrogens (tertiary/aromatic N) is 2. The molecule has 26 heavy (non-hydrogen) atoms. The Balaban J connectivity index is 2.01. The summed E-state index contributed by atoms with van der Waals surface area (Å²) in [6.07, 6.45) is 0. The van der Waals surface area contributed by atoms with Crippen LogP contribution < -0.4 is 5.32 Å². The number of anilines is 1. The molecule has 0 radical (unpaired) electrons. The molecule has 0 saturated heterocycles. The van der Waals surface area contributed by atoms with E-state index < -0.39 is 24.3 Å². The van der Waals surface area contributed by atoms with Gasteiger partial charge in [-0.1, -0.05) is 37.0 Å². The smallest absolute Gasteiger partial charge is 0.343 e. The summed E-state index contributed by atoms with van der Waals surface area (Å²) in [5, 5.41) is 6.91. The van der Waals surface area contributed by atoms with E-state index in [0.29, 0.717) is 12.2 Å². The zero-order chi connectivity index (χ0) is 19.4. The molecule has 0 bridgehead atoms. The van der Waals surface area contributed by atoms with Gasteiger partial charge in [0.15, 0.2) is 6.61 Å². The number of ether oxygens (including phenoxy) is 1. The Morgan fingerprint density at radius 1 is 1.35 bits per heavy atom. The molecule has 0 aliphatic rings. The third-order valence-electron chi connectivity index (χ3n) is 3.34. The van der Waals surface area contributed by atoms with Crippen molar-refractivity contribution >= 4 is 40.8 Å². The van der Waals surface area contributed by atoms with Crippen LogP contribution in [0.15, 0.2) is 18.2 Å². The first-order valence-electron chi connectivity index (χ1n) is 7.84. The molecular weight excluding hydrogens is 384 g/mol. The molecule has 0 unspecified atom stereocenters. The number of carbonyl (C=O) groups excluding carboxylic acids is 2. The lowest BCUT2D eigenvalue weighted by molar-refractivity contribution is -0.119. The largest absolute Gasteiger partial charge is 0.452 e. The number of esters is 1. The third-order valence-corrected chi connectivity index (χ3v) is 3.96. The molecule has 2 aromatic rings. The third kappa shape index (κ3) is 4.95. The van der Waals surface area contributed by atoms with Gasteiger partial charge in [0.05, 0.1) is 11.4 Å². The summed E-state index contributed by atoms with van der Waals surface area (Å²) in [7, 11) is 0. The van der Waals surface area contributed by atoms with Gasteiger partial charge in [-0.2, -0.15) is 5.10 Å². The van der Waals surface area contributed by atoms with Gasteiger partial charge in [-0.15, -0.1) is 0 Å². The molecule has 1 aromatic heterocycles. The van der Waals surface area contributed by atoms with E-state index >= 15 is 0 Å². The van der Waals surface area contributed by atoms with Crippen molar-refractivity contribution in [1.82, 2.24) is 9.78 Å². The molecule has 9 heteroatoms. The van der Waals surface area contributed by atoms with Crippen LogP contribution in [0.4, 0.5) is 10.1 Å². The fraction of sp³-hybridized carbons (Fsp3) is 0.353. The summed E-state index contributed by atoms with van der Waals surface area (Å²) in [4.78, 5) is 24.1. The fourth-order valence-electron chi connectivity index (χ4n) is 2.23. The van der Waals surface area contributed by atoms with Crippen molar-refractivity contribution in [3.8, 4) is 0 Å². The summed E-state index contributed by atoms with van der Waals surface area (Å²) in [6.45, 7) is 5.55. The van der Waals surface area contributed by atoms with Gasteiger partial charge in [-0.25, -0.2) is 9.18 Å². The average molecular weight is 402 g/mol. The highest BCUT2D eigenvalue weighted by Gasteiger charge is 2.23. The molecule has 2 rings (SSSR count). The summed E-state index contributed by atoms with van der Waals surface area (Å²) < 4.78 is 20.1. The zero-order valence-corrected chi connectivity index (χ0v) is 16.0. The zero-order valence-electron chi connectivity index (χ0n) is 14.5. The Hall–Kier alpha value is -2.12. The van der Waals surface area contributed by atoms with Gasteiger partial charge in [-0.3, -0.25) is 9.48 Å². The highest BCUT2D eigenvalue weighted by Crippen LogP contribution is 2.22. The molecule has 0 fully saturated rings. The summed E-state index contributed by atoms with van der Waals surface area (Å²) in [5.74, 6) is -1.84. The van der Waals surface area contributed by atoms with Crippen LogP contribution in [0, 0.1) is 18.7 Å². The topological polar surface area (TPSA) is 73.2 Å². The van der Waals surface area contributed by atoms with Crippen molar-refractivity contribution in [3.05, 3.63) is 45.4 Å². The predicted octanol–water partition coefficient (Wildman–Crippen LogP) is 4.09. The Labute approximate surface area is 160 Å². The van der Waals surface area contributed by atoms with Gasteiger partial charge in [0.1, 0.15) is 16.5 Å². The molecule has 0 saturated carbocycles. The number of halogens is 3. The van der Waals surface area contributed by atoms with Crippen molar-refractivity contribution in [2.75, 3.05) is 11.9 Å². The van der Waals surface area contributed by atoms with Crippen LogP contribution >= 0.6 is 23.2 Å². The van der Waals surface area contributed by atoms with E-state index in [1.807, 2.05) is 13.8 Å². The van der Waals surface area contributed by atoms with E-state index in [0.717, 1.165) is 6.07 Å². The SMILES string of the molecule is Cc1nn(CC(C)C)c(Cl)c1C(=O)OCC(=O)Nc1cc(Cl)ccc1F. The Kier molecular flexibility index (Phi) is 6.61. The van der Waals surface area contributed by atoms with Gasteiger partial charge in [0.25, 0.3) is 5.91 Å². The molecule has 1 amide bonds. The highest BCUT2D eigenvalue weighted by molar-refractivity contribution is 6.32. The first-order chi connectivity index (χ1) is 12.2. The van der Waals surface area contributed by atoms with Crippen molar-refractivity contribution in [2.24, 2.45) is 5.92 Å². The minimum atomic E-state index is -0.774. The van der Waals surface area contributed by atoms with E-state index in [9.17, 15) is 14.0 Å². The summed E-state index contributed by atoms with van der Waals surface area (Å²) >= 11 is 11.9. The number of hydrogen-bond donors (Lipinski definition) is 1. The number of amides is 1. The van der Waals surface area contributed by atoms with Gasteiger partial charge >= 0.3 is 5.97 Å². The Bertz CT molecular complexity index is 837. The Morgan fingerprint density at radius 2 is 2.04 bits per heavy atom. The monoisotopic (exact) mass is 401 g/mol. The summed E-state index contributed by atoms with van der Waals surface area (Å²) in [5.41, 5.74) is 0.411. The van der Waals surface area contributed by atoms with Crippen LogP contribution in [0.2, 0.25) is 10.2 Å². The predicted molar refractivity (Wildman–Crippen MR) is 97.1 cm³/mol. The fourth-order valence-corrected chi connectivity index (χ4v) is 2.73. The second kappa shape index (κ2) is 8.51. The van der Waals surface area contributed by atoms with Crippen molar-refractivity contribution in [1.29, 1.82) is 0 Å². The number of carbonyl (C=O) groups is 2. The van der Waals surface area contributed by atoms with Gasteiger partial charge < -0.3 is 10.1 Å². The number of benzene rings is 1. The molecule has 0 aliphatic carbocycles. The van der Waals surface area contributed by atoms with Gasteiger partial charge in [0, 0.05) is 11.6 Å². The molecule has 0 spiro atoms. The van der Waals surface area contributed by atoms with Crippen molar-refractivity contribution < 1.29 is 18.7 Å². The molecular formula is C17H18Cl2FN3O3. The minimum absolute atomic E-state index is 0.0995. The van der Waals surface area contributed by atoms with Crippen LogP contribution in [0.25, 0.3) is 0 Å². The molecule has 6 nitrogen and oxygen atoms in total. The average Bonchev–Trinajstić information content (AvgIpc) is 2.82. The van der Waals surface area contributed by atoms with Crippen LogP contribution in [0.1, 0.15) is 29.9 Å². The minimum Gasteiger partial charge on any atom is -0.452 e. The van der Waals surface area contributed by atoms with Crippen molar-refractivity contribution in [2.45, 2.75) is 27.3 Å². The number of hydrogen-bond acceptors (Lipinski definition) is 4. The molecule has 0 aliphatic heterocycles.